The van der Waals surface area contributed by atoms with E-state index in [0.717, 1.165) is 25.5 Å². The lowest BCUT2D eigenvalue weighted by atomic mass is 10.1. The number of ether oxygens (including phenoxy) is 2. The molecule has 0 radical (unpaired) electrons. The first-order chi connectivity index (χ1) is 11.2. The maximum atomic E-state index is 11.2. The number of nitrogens with zero attached hydrogens (tertiary/aromatic N) is 1. The first-order valence-corrected chi connectivity index (χ1v) is 8.09. The maximum absolute atomic E-state index is 11.2. The molecule has 0 unspecified atom stereocenters. The van der Waals surface area contributed by atoms with Crippen LogP contribution in [0, 0.1) is 0 Å². The van der Waals surface area contributed by atoms with Gasteiger partial charge in [-0.2, -0.15) is 0 Å². The van der Waals surface area contributed by atoms with E-state index in [1.165, 1.54) is 5.56 Å². The van der Waals surface area contributed by atoms with Crippen LogP contribution in [0.4, 0.5) is 0 Å². The molecule has 0 aliphatic rings. The van der Waals surface area contributed by atoms with Crippen molar-refractivity contribution in [3.05, 3.63) is 29.8 Å². The molecule has 128 valence electrons. The van der Waals surface area contributed by atoms with E-state index in [1.54, 1.807) is 6.92 Å². The molecule has 0 fully saturated rings. The van der Waals surface area contributed by atoms with Gasteiger partial charge < -0.3 is 20.1 Å². The second kappa shape index (κ2) is 11.3. The maximum Gasteiger partial charge on any atom is 0.344 e. The number of nitrogens with one attached hydrogen (secondary N) is 2. The summed E-state index contributed by atoms with van der Waals surface area (Å²) in [6, 6.07) is 7.67. The molecule has 2 N–H and O–H groups in total. The topological polar surface area (TPSA) is 72.0 Å². The van der Waals surface area contributed by atoms with Gasteiger partial charge in [-0.15, -0.1) is 0 Å². The summed E-state index contributed by atoms with van der Waals surface area (Å²) in [5.74, 6) is 1.14. The van der Waals surface area contributed by atoms with Crippen molar-refractivity contribution < 1.29 is 14.3 Å². The Bertz CT molecular complexity index is 478. The summed E-state index contributed by atoms with van der Waals surface area (Å²) < 4.78 is 10.2. The Balaban J connectivity index is 2.41. The molecule has 1 rings (SSSR count). The van der Waals surface area contributed by atoms with E-state index in [0.29, 0.717) is 18.9 Å². The fraction of sp³-hybridized carbons (Fsp3) is 0.529. The first kappa shape index (κ1) is 18.8. The third-order valence-corrected chi connectivity index (χ3v) is 2.94. The van der Waals surface area contributed by atoms with Crippen LogP contribution < -0.4 is 15.4 Å². The van der Waals surface area contributed by atoms with Crippen molar-refractivity contribution in [3.8, 4) is 5.75 Å². The van der Waals surface area contributed by atoms with E-state index in [4.69, 9.17) is 9.47 Å². The Morgan fingerprint density at radius 1 is 1.09 bits per heavy atom. The Kier molecular flexibility index (Phi) is 9.28. The second-order valence-electron chi connectivity index (χ2n) is 4.78. The van der Waals surface area contributed by atoms with Crippen LogP contribution in [0.2, 0.25) is 0 Å². The van der Waals surface area contributed by atoms with E-state index < -0.39 is 0 Å². The molecule has 0 heterocycles. The average molecular weight is 321 g/mol. The molecule has 0 saturated heterocycles. The summed E-state index contributed by atoms with van der Waals surface area (Å²) in [5, 5.41) is 6.38. The minimum Gasteiger partial charge on any atom is -0.482 e. The standard InChI is InChI=1S/C17H27N3O3/c1-4-18-17(19-5-2)20-12-11-14-7-9-15(10-8-14)23-13-16(21)22-6-3/h7-10H,4-6,11-13H2,1-3H3,(H2,18,19,20). The summed E-state index contributed by atoms with van der Waals surface area (Å²) in [5.41, 5.74) is 1.17. The highest BCUT2D eigenvalue weighted by Gasteiger charge is 2.03. The van der Waals surface area contributed by atoms with Crippen molar-refractivity contribution in [1.29, 1.82) is 0 Å². The number of carbonyl (C=O) groups is 1. The lowest BCUT2D eigenvalue weighted by Gasteiger charge is -2.09. The quantitative estimate of drug-likeness (QED) is 0.412. The van der Waals surface area contributed by atoms with E-state index in [1.807, 2.05) is 38.1 Å². The van der Waals surface area contributed by atoms with Crippen LogP contribution in [0.25, 0.3) is 0 Å². The van der Waals surface area contributed by atoms with Gasteiger partial charge >= 0.3 is 5.97 Å². The van der Waals surface area contributed by atoms with Crippen LogP contribution in [-0.4, -0.2) is 44.8 Å². The van der Waals surface area contributed by atoms with Gasteiger partial charge in [0.05, 0.1) is 6.61 Å². The predicted molar refractivity (Wildman–Crippen MR) is 91.9 cm³/mol. The zero-order valence-corrected chi connectivity index (χ0v) is 14.2. The van der Waals surface area contributed by atoms with Gasteiger partial charge in [-0.05, 0) is 44.9 Å². The van der Waals surface area contributed by atoms with Crippen LogP contribution >= 0.6 is 0 Å². The first-order valence-electron chi connectivity index (χ1n) is 8.09. The predicted octanol–water partition coefficient (Wildman–Crippen LogP) is 1.75. The molecule has 0 bridgehead atoms. The highest BCUT2D eigenvalue weighted by Crippen LogP contribution is 2.12. The lowest BCUT2D eigenvalue weighted by Crippen LogP contribution is -2.37. The Labute approximate surface area is 138 Å². The summed E-state index contributed by atoms with van der Waals surface area (Å²) in [6.07, 6.45) is 0.846. The average Bonchev–Trinajstić information content (AvgIpc) is 2.55. The SMILES string of the molecule is CCNC(=NCCc1ccc(OCC(=O)OCC)cc1)NCC. The van der Waals surface area contributed by atoms with E-state index in [9.17, 15) is 4.79 Å². The van der Waals surface area contributed by atoms with E-state index in [-0.39, 0.29) is 12.6 Å². The minimum atomic E-state index is -0.356. The van der Waals surface area contributed by atoms with E-state index >= 15 is 0 Å². The van der Waals surface area contributed by atoms with Gasteiger partial charge in [-0.3, -0.25) is 4.99 Å². The number of esters is 1. The monoisotopic (exact) mass is 321 g/mol. The highest BCUT2D eigenvalue weighted by atomic mass is 16.6. The number of aliphatic imine (C=N–C) groups is 1. The van der Waals surface area contributed by atoms with Gasteiger partial charge in [0.25, 0.3) is 0 Å². The third-order valence-electron chi connectivity index (χ3n) is 2.94. The molecule has 6 heteroatoms. The summed E-state index contributed by atoms with van der Waals surface area (Å²) >= 11 is 0. The molecule has 0 aromatic heterocycles. The number of hydrogen-bond acceptors (Lipinski definition) is 4. The largest absolute Gasteiger partial charge is 0.482 e. The third kappa shape index (κ3) is 8.09. The fourth-order valence-electron chi connectivity index (χ4n) is 1.90. The Hall–Kier alpha value is -2.24. The summed E-state index contributed by atoms with van der Waals surface area (Å²) in [4.78, 5) is 15.7. The summed E-state index contributed by atoms with van der Waals surface area (Å²) in [7, 11) is 0. The molecule has 6 nitrogen and oxygen atoms in total. The summed E-state index contributed by atoms with van der Waals surface area (Å²) in [6.45, 7) is 8.56. The molecule has 23 heavy (non-hydrogen) atoms. The van der Waals surface area contributed by atoms with Crippen molar-refractivity contribution in [2.24, 2.45) is 4.99 Å². The molecule has 0 atom stereocenters. The molecule has 1 aromatic rings. The molecular formula is C17H27N3O3. The molecular weight excluding hydrogens is 294 g/mol. The molecule has 0 amide bonds. The molecule has 0 aliphatic carbocycles. The Morgan fingerprint density at radius 3 is 2.30 bits per heavy atom. The number of rotatable bonds is 9. The normalized spacial score (nSPS) is 9.87. The highest BCUT2D eigenvalue weighted by molar-refractivity contribution is 5.79. The van der Waals surface area contributed by atoms with Gasteiger partial charge in [0.1, 0.15) is 5.75 Å². The van der Waals surface area contributed by atoms with Gasteiger partial charge in [0.15, 0.2) is 12.6 Å². The molecule has 0 spiro atoms. The van der Waals surface area contributed by atoms with Crippen molar-refractivity contribution in [2.75, 3.05) is 32.8 Å². The second-order valence-corrected chi connectivity index (χ2v) is 4.78. The van der Waals surface area contributed by atoms with Crippen molar-refractivity contribution in [1.82, 2.24) is 10.6 Å². The molecule has 1 aromatic carbocycles. The van der Waals surface area contributed by atoms with Crippen molar-refractivity contribution in [2.45, 2.75) is 27.2 Å². The number of benzene rings is 1. The van der Waals surface area contributed by atoms with E-state index in [2.05, 4.69) is 15.6 Å². The van der Waals surface area contributed by atoms with Crippen LogP contribution in [0.3, 0.4) is 0 Å². The van der Waals surface area contributed by atoms with Crippen LogP contribution in [-0.2, 0) is 16.0 Å². The van der Waals surface area contributed by atoms with Crippen LogP contribution in [0.15, 0.2) is 29.3 Å². The number of carbonyl (C=O) groups excluding carboxylic acids is 1. The zero-order valence-electron chi connectivity index (χ0n) is 14.2. The van der Waals surface area contributed by atoms with Gasteiger partial charge in [-0.1, -0.05) is 12.1 Å². The Morgan fingerprint density at radius 2 is 1.74 bits per heavy atom. The lowest BCUT2D eigenvalue weighted by molar-refractivity contribution is -0.145. The van der Waals surface area contributed by atoms with Crippen LogP contribution in [0.1, 0.15) is 26.3 Å². The smallest absolute Gasteiger partial charge is 0.344 e. The van der Waals surface area contributed by atoms with Gasteiger partial charge in [0.2, 0.25) is 0 Å². The minimum absolute atomic E-state index is 0.0633. The molecule has 0 saturated carbocycles. The van der Waals surface area contributed by atoms with Crippen molar-refractivity contribution >= 4 is 11.9 Å². The van der Waals surface area contributed by atoms with Gasteiger partial charge in [0, 0.05) is 19.6 Å². The number of guanidine groups is 1. The zero-order chi connectivity index (χ0) is 16.9. The molecule has 0 aliphatic heterocycles. The van der Waals surface area contributed by atoms with Crippen LogP contribution in [0.5, 0.6) is 5.75 Å². The fourth-order valence-corrected chi connectivity index (χ4v) is 1.90. The van der Waals surface area contributed by atoms with Gasteiger partial charge in [-0.25, -0.2) is 4.79 Å². The number of hydrogen-bond donors (Lipinski definition) is 2. The van der Waals surface area contributed by atoms with Crippen molar-refractivity contribution in [3.63, 3.8) is 0 Å².